The SMILES string of the molecule is N#C/C(=C/c1ccc2c(c1)OCO2)C(=O)N1CCc2ccccc21. The molecule has 0 saturated heterocycles. The van der Waals surface area contributed by atoms with E-state index in [1.165, 1.54) is 0 Å². The van der Waals surface area contributed by atoms with Gasteiger partial charge in [-0.3, -0.25) is 4.79 Å². The number of hydrogen-bond acceptors (Lipinski definition) is 4. The van der Waals surface area contributed by atoms with Crippen molar-refractivity contribution in [3.05, 3.63) is 59.2 Å². The van der Waals surface area contributed by atoms with Crippen LogP contribution in [0.15, 0.2) is 48.0 Å². The third kappa shape index (κ3) is 2.38. The van der Waals surface area contributed by atoms with Crippen LogP contribution in [-0.4, -0.2) is 19.2 Å². The summed E-state index contributed by atoms with van der Waals surface area (Å²) < 4.78 is 10.6. The van der Waals surface area contributed by atoms with Crippen LogP contribution in [0.3, 0.4) is 0 Å². The summed E-state index contributed by atoms with van der Waals surface area (Å²) in [5, 5.41) is 9.44. The zero-order valence-corrected chi connectivity index (χ0v) is 12.9. The Bertz CT molecular complexity index is 896. The van der Waals surface area contributed by atoms with Crippen LogP contribution in [0.5, 0.6) is 11.5 Å². The molecule has 0 aliphatic carbocycles. The Morgan fingerprint density at radius 2 is 2.00 bits per heavy atom. The summed E-state index contributed by atoms with van der Waals surface area (Å²) in [5.41, 5.74) is 2.85. The molecule has 5 nitrogen and oxygen atoms in total. The van der Waals surface area contributed by atoms with E-state index < -0.39 is 0 Å². The molecule has 2 aliphatic rings. The molecule has 2 aromatic rings. The van der Waals surface area contributed by atoms with Crippen molar-refractivity contribution in [2.75, 3.05) is 18.2 Å². The highest BCUT2D eigenvalue weighted by Gasteiger charge is 2.26. The quantitative estimate of drug-likeness (QED) is 0.631. The van der Waals surface area contributed by atoms with Crippen LogP contribution in [0.1, 0.15) is 11.1 Å². The number of nitrogens with zero attached hydrogens (tertiary/aromatic N) is 2. The minimum absolute atomic E-state index is 0.102. The molecule has 0 N–H and O–H groups in total. The summed E-state index contributed by atoms with van der Waals surface area (Å²) in [7, 11) is 0. The highest BCUT2D eigenvalue weighted by atomic mass is 16.7. The fourth-order valence-corrected chi connectivity index (χ4v) is 3.01. The molecular formula is C19H14N2O3. The molecule has 2 aliphatic heterocycles. The zero-order valence-electron chi connectivity index (χ0n) is 12.9. The Kier molecular flexibility index (Phi) is 3.43. The molecule has 5 heteroatoms. The highest BCUT2D eigenvalue weighted by molar-refractivity contribution is 6.12. The summed E-state index contributed by atoms with van der Waals surface area (Å²) in [6, 6.07) is 15.2. The Morgan fingerprint density at radius 3 is 2.88 bits per heavy atom. The molecule has 0 spiro atoms. The van der Waals surface area contributed by atoms with E-state index in [9.17, 15) is 10.1 Å². The number of benzene rings is 2. The maximum atomic E-state index is 12.8. The summed E-state index contributed by atoms with van der Waals surface area (Å²) in [6.07, 6.45) is 2.40. The molecule has 2 aromatic carbocycles. The molecule has 0 bridgehead atoms. The predicted octanol–water partition coefficient (Wildman–Crippen LogP) is 2.91. The Hall–Kier alpha value is -3.26. The predicted molar refractivity (Wildman–Crippen MR) is 88.7 cm³/mol. The van der Waals surface area contributed by atoms with Crippen molar-refractivity contribution in [2.24, 2.45) is 0 Å². The number of hydrogen-bond donors (Lipinski definition) is 0. The summed E-state index contributed by atoms with van der Waals surface area (Å²) in [6.45, 7) is 0.787. The van der Waals surface area contributed by atoms with E-state index >= 15 is 0 Å². The largest absolute Gasteiger partial charge is 0.454 e. The molecule has 24 heavy (non-hydrogen) atoms. The van der Waals surface area contributed by atoms with Crippen molar-refractivity contribution >= 4 is 17.7 Å². The van der Waals surface area contributed by atoms with Gasteiger partial charge in [0.25, 0.3) is 5.91 Å². The highest BCUT2D eigenvalue weighted by Crippen LogP contribution is 2.33. The van der Waals surface area contributed by atoms with Crippen molar-refractivity contribution in [3.8, 4) is 17.6 Å². The van der Waals surface area contributed by atoms with E-state index in [1.54, 1.807) is 29.2 Å². The van der Waals surface area contributed by atoms with E-state index in [-0.39, 0.29) is 18.3 Å². The topological polar surface area (TPSA) is 62.6 Å². The zero-order chi connectivity index (χ0) is 16.5. The third-order valence-electron chi connectivity index (χ3n) is 4.19. The summed E-state index contributed by atoms with van der Waals surface area (Å²) in [5.74, 6) is 1.02. The second-order valence-electron chi connectivity index (χ2n) is 5.62. The number of amides is 1. The number of fused-ring (bicyclic) bond motifs is 2. The molecule has 0 atom stereocenters. The minimum Gasteiger partial charge on any atom is -0.454 e. The van der Waals surface area contributed by atoms with Crippen molar-refractivity contribution in [3.63, 3.8) is 0 Å². The van der Waals surface area contributed by atoms with Crippen LogP contribution in [-0.2, 0) is 11.2 Å². The molecule has 0 radical (unpaired) electrons. The molecular weight excluding hydrogens is 304 g/mol. The lowest BCUT2D eigenvalue weighted by Crippen LogP contribution is -2.29. The first-order valence-corrected chi connectivity index (χ1v) is 7.67. The van der Waals surface area contributed by atoms with Gasteiger partial charge in [0.1, 0.15) is 11.6 Å². The molecule has 118 valence electrons. The number of carbonyl (C=O) groups excluding carboxylic acids is 1. The number of rotatable bonds is 2. The van der Waals surface area contributed by atoms with Gasteiger partial charge in [0.15, 0.2) is 11.5 Å². The third-order valence-corrected chi connectivity index (χ3v) is 4.19. The van der Waals surface area contributed by atoms with Gasteiger partial charge in [0, 0.05) is 12.2 Å². The molecule has 2 heterocycles. The first kappa shape index (κ1) is 14.3. The number of anilines is 1. The number of ether oxygens (including phenoxy) is 2. The molecule has 4 rings (SSSR count). The molecule has 0 fully saturated rings. The van der Waals surface area contributed by atoms with Crippen LogP contribution in [0.4, 0.5) is 5.69 Å². The van der Waals surface area contributed by atoms with Gasteiger partial charge in [-0.1, -0.05) is 24.3 Å². The molecule has 0 unspecified atom stereocenters. The second kappa shape index (κ2) is 5.74. The van der Waals surface area contributed by atoms with Gasteiger partial charge < -0.3 is 14.4 Å². The van der Waals surface area contributed by atoms with E-state index in [0.717, 1.165) is 23.2 Å². The maximum Gasteiger partial charge on any atom is 0.268 e. The number of nitriles is 1. The van der Waals surface area contributed by atoms with E-state index in [4.69, 9.17) is 9.47 Å². The monoisotopic (exact) mass is 318 g/mol. The molecule has 0 aromatic heterocycles. The van der Waals surface area contributed by atoms with Crippen LogP contribution in [0.25, 0.3) is 6.08 Å². The molecule has 1 amide bonds. The minimum atomic E-state index is -0.278. The maximum absolute atomic E-state index is 12.8. The lowest BCUT2D eigenvalue weighted by Gasteiger charge is -2.16. The van der Waals surface area contributed by atoms with Crippen LogP contribution >= 0.6 is 0 Å². The normalized spacial score (nSPS) is 15.1. The van der Waals surface area contributed by atoms with Gasteiger partial charge in [-0.2, -0.15) is 5.26 Å². The average Bonchev–Trinajstić information content (AvgIpc) is 3.25. The van der Waals surface area contributed by atoms with Crippen LogP contribution < -0.4 is 14.4 Å². The van der Waals surface area contributed by atoms with Gasteiger partial charge in [-0.15, -0.1) is 0 Å². The molecule has 0 saturated carbocycles. The van der Waals surface area contributed by atoms with Gasteiger partial charge in [-0.25, -0.2) is 0 Å². The van der Waals surface area contributed by atoms with Crippen LogP contribution in [0.2, 0.25) is 0 Å². The lowest BCUT2D eigenvalue weighted by atomic mass is 10.1. The lowest BCUT2D eigenvalue weighted by molar-refractivity contribution is -0.114. The Morgan fingerprint density at radius 1 is 1.17 bits per heavy atom. The van der Waals surface area contributed by atoms with Gasteiger partial charge in [0.05, 0.1) is 0 Å². The number of para-hydroxylation sites is 1. The fraction of sp³-hybridized carbons (Fsp3) is 0.158. The van der Waals surface area contributed by atoms with E-state index in [1.807, 2.05) is 30.3 Å². The number of carbonyl (C=O) groups is 1. The van der Waals surface area contributed by atoms with Crippen molar-refractivity contribution in [1.82, 2.24) is 0 Å². The van der Waals surface area contributed by atoms with Crippen molar-refractivity contribution < 1.29 is 14.3 Å². The summed E-state index contributed by atoms with van der Waals surface area (Å²) in [4.78, 5) is 14.4. The van der Waals surface area contributed by atoms with E-state index in [0.29, 0.717) is 18.0 Å². The fourth-order valence-electron chi connectivity index (χ4n) is 3.01. The first-order valence-electron chi connectivity index (χ1n) is 7.67. The second-order valence-corrected chi connectivity index (χ2v) is 5.62. The van der Waals surface area contributed by atoms with E-state index in [2.05, 4.69) is 0 Å². The summed E-state index contributed by atoms with van der Waals surface area (Å²) >= 11 is 0. The van der Waals surface area contributed by atoms with Gasteiger partial charge in [-0.05, 0) is 41.8 Å². The average molecular weight is 318 g/mol. The van der Waals surface area contributed by atoms with Crippen molar-refractivity contribution in [2.45, 2.75) is 6.42 Å². The first-order chi connectivity index (χ1) is 11.8. The Balaban J connectivity index is 1.64. The standard InChI is InChI=1S/C19H14N2O3/c20-11-15(9-13-5-6-17-18(10-13)24-12-23-17)19(22)21-8-7-14-3-1-2-4-16(14)21/h1-6,9-10H,7-8,12H2/b15-9-. The van der Waals surface area contributed by atoms with Gasteiger partial charge >= 0.3 is 0 Å². The smallest absolute Gasteiger partial charge is 0.268 e. The Labute approximate surface area is 139 Å². The van der Waals surface area contributed by atoms with Gasteiger partial charge in [0.2, 0.25) is 6.79 Å². The van der Waals surface area contributed by atoms with Crippen LogP contribution in [0, 0.1) is 11.3 Å². The van der Waals surface area contributed by atoms with Crippen molar-refractivity contribution in [1.29, 1.82) is 5.26 Å².